The van der Waals surface area contributed by atoms with Gasteiger partial charge in [0.1, 0.15) is 5.75 Å². The van der Waals surface area contributed by atoms with Gasteiger partial charge in [-0.2, -0.15) is 0 Å². The molecule has 2 rings (SSSR count). The Bertz CT molecular complexity index is 438. The quantitative estimate of drug-likeness (QED) is 0.847. The summed E-state index contributed by atoms with van der Waals surface area (Å²) < 4.78 is 5.35. The molecule has 1 amide bonds. The maximum Gasteiger partial charge on any atom is 0.251 e. The van der Waals surface area contributed by atoms with Gasteiger partial charge in [0.25, 0.3) is 5.91 Å². The Morgan fingerprint density at radius 1 is 1.29 bits per heavy atom. The van der Waals surface area contributed by atoms with Crippen molar-refractivity contribution in [1.82, 2.24) is 5.32 Å². The Hall–Kier alpha value is -1.55. The number of carbonyl (C=O) groups excluding carboxylic acids is 1. The van der Waals surface area contributed by atoms with Crippen LogP contribution >= 0.6 is 0 Å². The molecule has 0 radical (unpaired) electrons. The molecule has 21 heavy (non-hydrogen) atoms. The van der Waals surface area contributed by atoms with Gasteiger partial charge >= 0.3 is 0 Å². The lowest BCUT2D eigenvalue weighted by atomic mass is 9.85. The Labute approximate surface area is 126 Å². The fourth-order valence-corrected chi connectivity index (χ4v) is 2.85. The highest BCUT2D eigenvalue weighted by Gasteiger charge is 2.22. The van der Waals surface area contributed by atoms with Crippen LogP contribution in [0.2, 0.25) is 0 Å². The molecule has 1 atom stereocenters. The van der Waals surface area contributed by atoms with E-state index >= 15 is 0 Å². The van der Waals surface area contributed by atoms with Gasteiger partial charge in [-0.05, 0) is 49.9 Å². The number of rotatable bonds is 6. The highest BCUT2D eigenvalue weighted by Crippen LogP contribution is 2.26. The first kappa shape index (κ1) is 15.8. The van der Waals surface area contributed by atoms with Crippen LogP contribution < -0.4 is 10.1 Å². The van der Waals surface area contributed by atoms with E-state index in [9.17, 15) is 9.90 Å². The van der Waals surface area contributed by atoms with Crippen LogP contribution in [0.1, 0.15) is 49.4 Å². The predicted molar refractivity (Wildman–Crippen MR) is 82.5 cm³/mol. The highest BCUT2D eigenvalue weighted by molar-refractivity contribution is 5.94. The number of benzene rings is 1. The van der Waals surface area contributed by atoms with Crippen molar-refractivity contribution in [3.63, 3.8) is 0 Å². The van der Waals surface area contributed by atoms with Crippen molar-refractivity contribution in [3.8, 4) is 5.75 Å². The summed E-state index contributed by atoms with van der Waals surface area (Å²) in [6.07, 6.45) is 5.35. The Morgan fingerprint density at radius 2 is 1.95 bits per heavy atom. The monoisotopic (exact) mass is 291 g/mol. The van der Waals surface area contributed by atoms with Crippen LogP contribution in [0.5, 0.6) is 5.75 Å². The molecule has 0 aliphatic heterocycles. The zero-order valence-corrected chi connectivity index (χ0v) is 12.7. The molecule has 1 fully saturated rings. The zero-order valence-electron chi connectivity index (χ0n) is 12.7. The molecule has 4 heteroatoms. The summed E-state index contributed by atoms with van der Waals surface area (Å²) in [5.74, 6) is 0.948. The van der Waals surface area contributed by atoms with Crippen molar-refractivity contribution in [3.05, 3.63) is 29.8 Å². The third-order valence-electron chi connectivity index (χ3n) is 4.09. The molecule has 1 aromatic carbocycles. The molecule has 0 aromatic heterocycles. The molecule has 0 bridgehead atoms. The van der Waals surface area contributed by atoms with Gasteiger partial charge < -0.3 is 15.2 Å². The smallest absolute Gasteiger partial charge is 0.251 e. The van der Waals surface area contributed by atoms with Crippen LogP contribution in [0, 0.1) is 5.92 Å². The molecule has 1 aliphatic rings. The van der Waals surface area contributed by atoms with Crippen molar-refractivity contribution in [2.24, 2.45) is 5.92 Å². The number of ether oxygens (including phenoxy) is 1. The number of nitrogens with one attached hydrogen (secondary N) is 1. The Morgan fingerprint density at radius 3 is 2.57 bits per heavy atom. The van der Waals surface area contributed by atoms with E-state index in [0.717, 1.165) is 18.6 Å². The van der Waals surface area contributed by atoms with Crippen molar-refractivity contribution in [2.45, 2.75) is 45.1 Å². The van der Waals surface area contributed by atoms with Gasteiger partial charge in [-0.25, -0.2) is 0 Å². The second-order valence-electron chi connectivity index (χ2n) is 5.63. The molecule has 0 saturated heterocycles. The predicted octanol–water partition coefficient (Wildman–Crippen LogP) is 2.76. The highest BCUT2D eigenvalue weighted by atomic mass is 16.5. The molecule has 1 unspecified atom stereocenters. The van der Waals surface area contributed by atoms with Gasteiger partial charge in [0.2, 0.25) is 0 Å². The van der Waals surface area contributed by atoms with Crippen LogP contribution in [0.25, 0.3) is 0 Å². The number of amides is 1. The van der Waals surface area contributed by atoms with Crippen molar-refractivity contribution in [1.29, 1.82) is 0 Å². The average Bonchev–Trinajstić information content (AvgIpc) is 2.54. The molecule has 0 heterocycles. The normalized spacial score (nSPS) is 17.2. The van der Waals surface area contributed by atoms with Crippen LogP contribution in [-0.2, 0) is 0 Å². The number of aliphatic hydroxyl groups excluding tert-OH is 1. The minimum absolute atomic E-state index is 0.145. The van der Waals surface area contributed by atoms with Crippen LogP contribution in [-0.4, -0.2) is 30.3 Å². The van der Waals surface area contributed by atoms with E-state index in [4.69, 9.17) is 4.74 Å². The first-order valence-electron chi connectivity index (χ1n) is 7.90. The largest absolute Gasteiger partial charge is 0.494 e. The van der Waals surface area contributed by atoms with E-state index in [-0.39, 0.29) is 5.91 Å². The zero-order chi connectivity index (χ0) is 15.1. The minimum Gasteiger partial charge on any atom is -0.494 e. The Kier molecular flexibility index (Phi) is 6.05. The summed E-state index contributed by atoms with van der Waals surface area (Å²) in [5, 5.41) is 13.0. The number of hydrogen-bond acceptors (Lipinski definition) is 3. The summed E-state index contributed by atoms with van der Waals surface area (Å²) in [5.41, 5.74) is 0.592. The number of hydrogen-bond donors (Lipinski definition) is 2. The maximum absolute atomic E-state index is 12.0. The third kappa shape index (κ3) is 4.74. The molecule has 0 spiro atoms. The molecule has 2 N–H and O–H groups in total. The summed E-state index contributed by atoms with van der Waals surface area (Å²) in [6.45, 7) is 2.86. The number of carbonyl (C=O) groups is 1. The maximum atomic E-state index is 12.0. The molecule has 1 aromatic rings. The molecule has 116 valence electrons. The first-order chi connectivity index (χ1) is 10.2. The molecular weight excluding hydrogens is 266 g/mol. The van der Waals surface area contributed by atoms with E-state index in [2.05, 4.69) is 5.32 Å². The molecule has 1 aliphatic carbocycles. The summed E-state index contributed by atoms with van der Waals surface area (Å²) in [6, 6.07) is 7.06. The van der Waals surface area contributed by atoms with E-state index < -0.39 is 6.10 Å². The SMILES string of the molecule is CCOc1ccc(C(=O)NCC(O)C2CCCCC2)cc1. The summed E-state index contributed by atoms with van der Waals surface area (Å²) >= 11 is 0. The Balaban J connectivity index is 1.80. The van der Waals surface area contributed by atoms with E-state index in [1.165, 1.54) is 19.3 Å². The first-order valence-corrected chi connectivity index (χ1v) is 7.90. The van der Waals surface area contributed by atoms with Gasteiger partial charge in [0.15, 0.2) is 0 Å². The van der Waals surface area contributed by atoms with E-state index in [1.807, 2.05) is 6.92 Å². The standard InChI is InChI=1S/C17H25NO3/c1-2-21-15-10-8-14(9-11-15)17(20)18-12-16(19)13-6-4-3-5-7-13/h8-11,13,16,19H,2-7,12H2,1H3,(H,18,20). The second-order valence-corrected chi connectivity index (χ2v) is 5.63. The van der Waals surface area contributed by atoms with Gasteiger partial charge in [-0.3, -0.25) is 4.79 Å². The lowest BCUT2D eigenvalue weighted by Gasteiger charge is -2.26. The van der Waals surface area contributed by atoms with Crippen LogP contribution in [0.15, 0.2) is 24.3 Å². The van der Waals surface area contributed by atoms with E-state index in [1.54, 1.807) is 24.3 Å². The summed E-state index contributed by atoms with van der Waals surface area (Å²) in [4.78, 5) is 12.0. The molecule has 1 saturated carbocycles. The van der Waals surface area contributed by atoms with Crippen molar-refractivity contribution < 1.29 is 14.6 Å². The number of aliphatic hydroxyl groups is 1. The van der Waals surface area contributed by atoms with Gasteiger partial charge in [0, 0.05) is 12.1 Å². The second kappa shape index (κ2) is 8.03. The lowest BCUT2D eigenvalue weighted by Crippen LogP contribution is -2.37. The van der Waals surface area contributed by atoms with Crippen LogP contribution in [0.4, 0.5) is 0 Å². The lowest BCUT2D eigenvalue weighted by molar-refractivity contribution is 0.0738. The van der Waals surface area contributed by atoms with Gasteiger partial charge in [-0.1, -0.05) is 19.3 Å². The third-order valence-corrected chi connectivity index (χ3v) is 4.09. The van der Waals surface area contributed by atoms with Crippen molar-refractivity contribution in [2.75, 3.05) is 13.2 Å². The molecular formula is C17H25NO3. The molecule has 4 nitrogen and oxygen atoms in total. The average molecular weight is 291 g/mol. The van der Waals surface area contributed by atoms with Crippen LogP contribution in [0.3, 0.4) is 0 Å². The fraction of sp³-hybridized carbons (Fsp3) is 0.588. The van der Waals surface area contributed by atoms with Crippen molar-refractivity contribution >= 4 is 5.91 Å². The fourth-order valence-electron chi connectivity index (χ4n) is 2.85. The summed E-state index contributed by atoms with van der Waals surface area (Å²) in [7, 11) is 0. The van der Waals surface area contributed by atoms with Gasteiger partial charge in [-0.15, -0.1) is 0 Å². The van der Waals surface area contributed by atoms with Gasteiger partial charge in [0.05, 0.1) is 12.7 Å². The van der Waals surface area contributed by atoms with E-state index in [0.29, 0.717) is 24.6 Å². The minimum atomic E-state index is -0.433. The topological polar surface area (TPSA) is 58.6 Å².